The lowest BCUT2D eigenvalue weighted by Gasteiger charge is -2.05. The highest BCUT2D eigenvalue weighted by molar-refractivity contribution is 7.89. The van der Waals surface area contributed by atoms with Crippen molar-refractivity contribution in [3.8, 4) is 29.5 Å². The Bertz CT molecular complexity index is 1160. The van der Waals surface area contributed by atoms with Gasteiger partial charge in [-0.25, -0.2) is 8.42 Å². The minimum atomic E-state index is -3.72. The van der Waals surface area contributed by atoms with Crippen molar-refractivity contribution in [2.75, 3.05) is 19.0 Å². The van der Waals surface area contributed by atoms with Gasteiger partial charge in [-0.15, -0.1) is 11.5 Å². The highest BCUT2D eigenvalue weighted by atomic mass is 32.2. The maximum Gasteiger partial charge on any atom is 0.258 e. The maximum absolute atomic E-state index is 12.4. The molecule has 3 rings (SSSR count). The number of aromatic nitrogens is 3. The van der Waals surface area contributed by atoms with Crippen LogP contribution in [0.2, 0.25) is 0 Å². The summed E-state index contributed by atoms with van der Waals surface area (Å²) >= 11 is 0. The smallest absolute Gasteiger partial charge is 0.258 e. The molecule has 148 valence electrons. The summed E-state index contributed by atoms with van der Waals surface area (Å²) in [6, 6.07) is 12.6. The fourth-order valence-corrected chi connectivity index (χ4v) is 3.39. The summed E-state index contributed by atoms with van der Waals surface area (Å²) < 4.78 is 31.5. The number of sulfonamides is 1. The summed E-state index contributed by atoms with van der Waals surface area (Å²) in [5.74, 6) is 2.81. The fourth-order valence-electron chi connectivity index (χ4n) is 2.46. The van der Waals surface area contributed by atoms with Crippen LogP contribution in [-0.4, -0.2) is 43.2 Å². The Balaban J connectivity index is 1.73. The number of H-pyrrole nitrogens is 1. The van der Waals surface area contributed by atoms with E-state index in [1.165, 1.54) is 24.3 Å². The summed E-state index contributed by atoms with van der Waals surface area (Å²) in [6.07, 6.45) is 5.05. The third kappa shape index (κ3) is 4.60. The number of carbonyl (C=O) groups is 1. The molecule has 10 heteroatoms. The molecule has 0 aliphatic rings. The fraction of sp³-hybridized carbons (Fsp3) is 0.105. The lowest BCUT2D eigenvalue weighted by Crippen LogP contribution is -2.24. The molecule has 0 saturated carbocycles. The molecular weight excluding hydrogens is 394 g/mol. The maximum atomic E-state index is 12.4. The Hall–Kier alpha value is -3.68. The first-order chi connectivity index (χ1) is 13.9. The molecule has 0 bridgehead atoms. The van der Waals surface area contributed by atoms with Crippen LogP contribution in [0, 0.1) is 12.3 Å². The van der Waals surface area contributed by atoms with Crippen LogP contribution >= 0.6 is 0 Å². The molecular formula is C19H17N5O4S. The molecule has 1 heterocycles. The van der Waals surface area contributed by atoms with E-state index in [1.807, 2.05) is 12.1 Å². The van der Waals surface area contributed by atoms with Crippen molar-refractivity contribution in [3.63, 3.8) is 0 Å². The van der Waals surface area contributed by atoms with E-state index in [0.29, 0.717) is 17.1 Å². The molecule has 2 aromatic carbocycles. The predicted molar refractivity (Wildman–Crippen MR) is 107 cm³/mol. The Morgan fingerprint density at radius 2 is 1.93 bits per heavy atom. The van der Waals surface area contributed by atoms with Gasteiger partial charge in [-0.3, -0.25) is 15.2 Å². The van der Waals surface area contributed by atoms with Gasteiger partial charge < -0.3 is 4.74 Å². The number of nitrogens with one attached hydrogen (secondary N) is 3. The highest BCUT2D eigenvalue weighted by Crippen LogP contribution is 2.27. The van der Waals surface area contributed by atoms with Gasteiger partial charge in [0.05, 0.1) is 24.1 Å². The number of benzene rings is 2. The van der Waals surface area contributed by atoms with Gasteiger partial charge in [0.25, 0.3) is 5.91 Å². The molecule has 0 spiro atoms. The van der Waals surface area contributed by atoms with Crippen LogP contribution in [0.1, 0.15) is 10.4 Å². The number of para-hydroxylation sites is 1. The van der Waals surface area contributed by atoms with Crippen LogP contribution in [-0.2, 0) is 10.0 Å². The van der Waals surface area contributed by atoms with Crippen molar-refractivity contribution >= 4 is 21.9 Å². The summed E-state index contributed by atoms with van der Waals surface area (Å²) in [6.45, 7) is -0.121. The number of methoxy groups -OCH3 is 1. The van der Waals surface area contributed by atoms with E-state index in [1.54, 1.807) is 19.2 Å². The lowest BCUT2D eigenvalue weighted by atomic mass is 10.2. The molecule has 0 fully saturated rings. The van der Waals surface area contributed by atoms with Crippen molar-refractivity contribution in [2.24, 2.45) is 0 Å². The molecule has 0 radical (unpaired) electrons. The third-order valence-electron chi connectivity index (χ3n) is 3.86. The molecule has 9 nitrogen and oxygen atoms in total. The zero-order valence-electron chi connectivity index (χ0n) is 15.3. The van der Waals surface area contributed by atoms with Gasteiger partial charge in [0.1, 0.15) is 5.75 Å². The van der Waals surface area contributed by atoms with Crippen LogP contribution in [0.25, 0.3) is 11.4 Å². The average Bonchev–Trinajstić information content (AvgIpc) is 3.20. The van der Waals surface area contributed by atoms with E-state index >= 15 is 0 Å². The van der Waals surface area contributed by atoms with Gasteiger partial charge in [-0.05, 0) is 36.4 Å². The molecule has 29 heavy (non-hydrogen) atoms. The number of aromatic amines is 1. The number of nitrogens with zero attached hydrogens (tertiary/aromatic N) is 2. The van der Waals surface area contributed by atoms with Crippen molar-refractivity contribution < 1.29 is 17.9 Å². The van der Waals surface area contributed by atoms with E-state index < -0.39 is 15.9 Å². The van der Waals surface area contributed by atoms with Gasteiger partial charge in [0.2, 0.25) is 16.0 Å². The van der Waals surface area contributed by atoms with Gasteiger partial charge in [-0.2, -0.15) is 9.71 Å². The number of carbonyl (C=O) groups excluding carboxylic acids is 1. The van der Waals surface area contributed by atoms with Crippen molar-refractivity contribution in [3.05, 3.63) is 54.1 Å². The minimum Gasteiger partial charge on any atom is -0.496 e. The number of hydrogen-bond acceptors (Lipinski definition) is 6. The van der Waals surface area contributed by atoms with Crippen molar-refractivity contribution in [1.82, 2.24) is 19.9 Å². The molecule has 1 aromatic heterocycles. The first-order valence-electron chi connectivity index (χ1n) is 8.35. The van der Waals surface area contributed by atoms with Gasteiger partial charge in [-0.1, -0.05) is 18.1 Å². The first kappa shape index (κ1) is 20.1. The molecule has 3 aromatic rings. The molecule has 0 aliphatic heterocycles. The second kappa shape index (κ2) is 8.55. The number of hydrogen-bond donors (Lipinski definition) is 3. The third-order valence-corrected chi connectivity index (χ3v) is 5.28. The van der Waals surface area contributed by atoms with E-state index in [4.69, 9.17) is 11.2 Å². The Labute approximate surface area is 167 Å². The largest absolute Gasteiger partial charge is 0.496 e. The second-order valence-corrected chi connectivity index (χ2v) is 7.48. The highest BCUT2D eigenvalue weighted by Gasteiger charge is 2.16. The lowest BCUT2D eigenvalue weighted by molar-refractivity contribution is 0.102. The summed E-state index contributed by atoms with van der Waals surface area (Å²) in [5.41, 5.74) is 0.932. The van der Waals surface area contributed by atoms with Crippen molar-refractivity contribution in [1.29, 1.82) is 0 Å². The Morgan fingerprint density at radius 3 is 2.62 bits per heavy atom. The zero-order valence-corrected chi connectivity index (χ0v) is 16.2. The number of anilines is 1. The Morgan fingerprint density at radius 1 is 1.21 bits per heavy atom. The number of amides is 1. The van der Waals surface area contributed by atoms with E-state index in [-0.39, 0.29) is 23.0 Å². The van der Waals surface area contributed by atoms with Crippen LogP contribution in [0.5, 0.6) is 5.75 Å². The molecule has 0 saturated heterocycles. The first-order valence-corrected chi connectivity index (χ1v) is 9.83. The topological polar surface area (TPSA) is 126 Å². The summed E-state index contributed by atoms with van der Waals surface area (Å²) in [5, 5.41) is 9.27. The normalized spacial score (nSPS) is 10.9. The molecule has 0 atom stereocenters. The molecule has 0 aliphatic carbocycles. The quantitative estimate of drug-likeness (QED) is 0.508. The predicted octanol–water partition coefficient (Wildman–Crippen LogP) is 1.64. The Kier molecular flexibility index (Phi) is 5.92. The van der Waals surface area contributed by atoms with Crippen LogP contribution < -0.4 is 14.8 Å². The summed E-state index contributed by atoms with van der Waals surface area (Å²) in [7, 11) is -2.18. The number of ether oxygens (including phenoxy) is 1. The van der Waals surface area contributed by atoms with Gasteiger partial charge in [0.15, 0.2) is 5.82 Å². The second-order valence-electron chi connectivity index (χ2n) is 5.72. The molecule has 3 N–H and O–H groups in total. The van der Waals surface area contributed by atoms with Gasteiger partial charge >= 0.3 is 0 Å². The van der Waals surface area contributed by atoms with E-state index in [0.717, 1.165) is 0 Å². The van der Waals surface area contributed by atoms with E-state index in [9.17, 15) is 13.2 Å². The van der Waals surface area contributed by atoms with Gasteiger partial charge in [0, 0.05) is 5.56 Å². The van der Waals surface area contributed by atoms with Crippen LogP contribution in [0.4, 0.5) is 5.95 Å². The zero-order chi connectivity index (χ0) is 20.9. The van der Waals surface area contributed by atoms with Crippen molar-refractivity contribution in [2.45, 2.75) is 4.90 Å². The van der Waals surface area contributed by atoms with E-state index in [2.05, 4.69) is 31.1 Å². The van der Waals surface area contributed by atoms with Crippen LogP contribution in [0.3, 0.4) is 0 Å². The standard InChI is InChI=1S/C19H17N5O4S/c1-3-12-20-29(26,27)14-10-8-13(9-11-14)18(25)22-19-21-17(23-24-19)15-6-4-5-7-16(15)28-2/h1,4-11,20H,12H2,2H3,(H2,21,22,23,24,25). The summed E-state index contributed by atoms with van der Waals surface area (Å²) in [4.78, 5) is 16.6. The molecule has 1 amide bonds. The minimum absolute atomic E-state index is 0.000605. The average molecular weight is 411 g/mol. The number of rotatable bonds is 7. The number of terminal acetylenes is 1. The SMILES string of the molecule is C#CCNS(=O)(=O)c1ccc(C(=O)Nc2n[nH]c(-c3ccccc3OC)n2)cc1. The van der Waals surface area contributed by atoms with Crippen LogP contribution in [0.15, 0.2) is 53.4 Å². The monoisotopic (exact) mass is 411 g/mol. The molecule has 0 unspecified atom stereocenters.